The molecule has 1 aromatic heterocycles. The summed E-state index contributed by atoms with van der Waals surface area (Å²) >= 11 is 0. The molecule has 8 nitrogen and oxygen atoms in total. The fourth-order valence-corrected chi connectivity index (χ4v) is 4.02. The van der Waals surface area contributed by atoms with E-state index >= 15 is 0 Å². The van der Waals surface area contributed by atoms with Gasteiger partial charge in [-0.15, -0.1) is 0 Å². The van der Waals surface area contributed by atoms with Crippen LogP contribution in [0.15, 0.2) is 42.9 Å². The van der Waals surface area contributed by atoms with E-state index in [0.29, 0.717) is 37.4 Å². The van der Waals surface area contributed by atoms with Gasteiger partial charge < -0.3 is 20.1 Å². The summed E-state index contributed by atoms with van der Waals surface area (Å²) in [7, 11) is 0. The molecule has 0 bridgehead atoms. The number of benzene rings is 1. The number of aliphatic hydroxyl groups is 1. The first-order valence-electron chi connectivity index (χ1n) is 10.6. The monoisotopic (exact) mass is 411 g/mol. The molecule has 2 aliphatic rings. The van der Waals surface area contributed by atoms with Crippen LogP contribution in [0, 0.1) is 0 Å². The minimum Gasteiger partial charge on any atom is -0.492 e. The van der Waals surface area contributed by atoms with E-state index in [2.05, 4.69) is 20.2 Å². The van der Waals surface area contributed by atoms with Gasteiger partial charge in [-0.1, -0.05) is 6.07 Å². The Balaban J connectivity index is 1.26. The van der Waals surface area contributed by atoms with E-state index < -0.39 is 5.60 Å². The van der Waals surface area contributed by atoms with Gasteiger partial charge in [0.15, 0.2) is 0 Å². The molecule has 2 aromatic rings. The number of carbonyl (C=O) groups is 1. The van der Waals surface area contributed by atoms with E-state index in [1.807, 2.05) is 17.0 Å². The second-order valence-corrected chi connectivity index (χ2v) is 8.07. The van der Waals surface area contributed by atoms with Gasteiger partial charge in [0.1, 0.15) is 23.8 Å². The van der Waals surface area contributed by atoms with Crippen LogP contribution in [0.2, 0.25) is 0 Å². The largest absolute Gasteiger partial charge is 0.492 e. The Hall–Kier alpha value is -2.71. The third kappa shape index (κ3) is 5.25. The molecule has 0 spiro atoms. The van der Waals surface area contributed by atoms with Gasteiger partial charge in [0.25, 0.3) is 5.91 Å². The zero-order valence-corrected chi connectivity index (χ0v) is 17.2. The number of hydrogen-bond acceptors (Lipinski definition) is 7. The third-order valence-corrected chi connectivity index (χ3v) is 5.75. The highest BCUT2D eigenvalue weighted by Gasteiger charge is 2.37. The average molecular weight is 412 g/mol. The predicted octanol–water partition coefficient (Wildman–Crippen LogP) is 1.32. The number of ether oxygens (including phenoxy) is 1. The molecular formula is C22H29N5O3. The smallest absolute Gasteiger partial charge is 0.251 e. The van der Waals surface area contributed by atoms with Crippen molar-refractivity contribution < 1.29 is 14.6 Å². The van der Waals surface area contributed by atoms with E-state index in [1.54, 1.807) is 30.7 Å². The normalized spacial score (nSPS) is 21.7. The van der Waals surface area contributed by atoms with E-state index in [4.69, 9.17) is 4.74 Å². The van der Waals surface area contributed by atoms with Gasteiger partial charge in [0, 0.05) is 44.1 Å². The number of nitrogens with zero attached hydrogens (tertiary/aromatic N) is 4. The van der Waals surface area contributed by atoms with Crippen molar-refractivity contribution in [2.24, 2.45) is 0 Å². The summed E-state index contributed by atoms with van der Waals surface area (Å²) in [4.78, 5) is 25.3. The number of aromatic nitrogens is 2. The molecule has 0 unspecified atom stereocenters. The van der Waals surface area contributed by atoms with Crippen LogP contribution < -0.4 is 15.0 Å². The number of β-amino-alcohol motifs (C(OH)–C–C–N with tert-alkyl or cyclic N) is 1. The molecule has 1 atom stereocenters. The van der Waals surface area contributed by atoms with Crippen molar-refractivity contribution in [2.45, 2.75) is 24.9 Å². The van der Waals surface area contributed by atoms with Crippen LogP contribution >= 0.6 is 0 Å². The SMILES string of the molecule is O=C(NC[C@@]1(O)CCN(c2cnccn2)C1)c1cccc(OCCN2CCCC2)c1. The molecule has 8 heteroatoms. The highest BCUT2D eigenvalue weighted by molar-refractivity contribution is 5.94. The van der Waals surface area contributed by atoms with Crippen LogP contribution in [0.1, 0.15) is 29.6 Å². The highest BCUT2D eigenvalue weighted by Crippen LogP contribution is 2.24. The lowest BCUT2D eigenvalue weighted by Gasteiger charge is -2.24. The van der Waals surface area contributed by atoms with Crippen molar-refractivity contribution in [1.82, 2.24) is 20.2 Å². The molecule has 0 saturated carbocycles. The van der Waals surface area contributed by atoms with Crippen LogP contribution in [0.4, 0.5) is 5.82 Å². The van der Waals surface area contributed by atoms with Crippen molar-refractivity contribution in [3.8, 4) is 5.75 Å². The molecule has 1 amide bonds. The summed E-state index contributed by atoms with van der Waals surface area (Å²) in [6, 6.07) is 7.20. The van der Waals surface area contributed by atoms with Gasteiger partial charge in [0.2, 0.25) is 0 Å². The van der Waals surface area contributed by atoms with Crippen molar-refractivity contribution >= 4 is 11.7 Å². The summed E-state index contributed by atoms with van der Waals surface area (Å²) in [6.07, 6.45) is 8.02. The quantitative estimate of drug-likeness (QED) is 0.677. The fourth-order valence-electron chi connectivity index (χ4n) is 4.02. The van der Waals surface area contributed by atoms with Crippen molar-refractivity contribution in [3.63, 3.8) is 0 Å². The Morgan fingerprint density at radius 3 is 2.90 bits per heavy atom. The lowest BCUT2D eigenvalue weighted by Crippen LogP contribution is -2.45. The standard InChI is InChI=1S/C22H29N5O3/c28-21(18-4-3-5-19(14-18)30-13-12-26-9-1-2-10-26)25-16-22(29)6-11-27(17-22)20-15-23-7-8-24-20/h3-5,7-8,14-15,29H,1-2,6,9-13,16-17H2,(H,25,28)/t22-/m0/s1. The molecule has 3 heterocycles. The number of likely N-dealkylation sites (tertiary alicyclic amines) is 1. The van der Waals surface area contributed by atoms with Crippen LogP contribution in [0.5, 0.6) is 5.75 Å². The number of amides is 1. The first-order chi connectivity index (χ1) is 14.6. The topological polar surface area (TPSA) is 90.8 Å². The molecule has 2 saturated heterocycles. The lowest BCUT2D eigenvalue weighted by molar-refractivity contribution is 0.0575. The zero-order chi connectivity index (χ0) is 20.8. The maximum atomic E-state index is 12.6. The Labute approximate surface area is 176 Å². The molecular weight excluding hydrogens is 382 g/mol. The first-order valence-corrected chi connectivity index (χ1v) is 10.6. The summed E-state index contributed by atoms with van der Waals surface area (Å²) in [5, 5.41) is 13.7. The number of anilines is 1. The second kappa shape index (κ2) is 9.40. The van der Waals surface area contributed by atoms with Crippen molar-refractivity contribution in [1.29, 1.82) is 0 Å². The Morgan fingerprint density at radius 2 is 2.10 bits per heavy atom. The van der Waals surface area contributed by atoms with Crippen LogP contribution in [-0.4, -0.2) is 77.4 Å². The maximum Gasteiger partial charge on any atom is 0.251 e. The van der Waals surface area contributed by atoms with E-state index in [9.17, 15) is 9.90 Å². The van der Waals surface area contributed by atoms with Crippen LogP contribution in [0.25, 0.3) is 0 Å². The molecule has 160 valence electrons. The third-order valence-electron chi connectivity index (χ3n) is 5.75. The summed E-state index contributed by atoms with van der Waals surface area (Å²) in [5.74, 6) is 1.21. The second-order valence-electron chi connectivity index (χ2n) is 8.07. The van der Waals surface area contributed by atoms with Gasteiger partial charge in [-0.3, -0.25) is 14.7 Å². The van der Waals surface area contributed by atoms with Gasteiger partial charge in [-0.2, -0.15) is 0 Å². The van der Waals surface area contributed by atoms with Gasteiger partial charge in [0.05, 0.1) is 6.20 Å². The molecule has 0 aliphatic carbocycles. The van der Waals surface area contributed by atoms with E-state index in [-0.39, 0.29) is 12.5 Å². The number of hydrogen-bond donors (Lipinski definition) is 2. The first kappa shape index (κ1) is 20.6. The highest BCUT2D eigenvalue weighted by atomic mass is 16.5. The number of nitrogens with one attached hydrogen (secondary N) is 1. The molecule has 2 fully saturated rings. The summed E-state index contributed by atoms with van der Waals surface area (Å²) < 4.78 is 5.83. The van der Waals surface area contributed by atoms with E-state index in [1.165, 1.54) is 12.8 Å². The average Bonchev–Trinajstić information content (AvgIpc) is 3.43. The summed E-state index contributed by atoms with van der Waals surface area (Å²) in [5.41, 5.74) is -0.460. The van der Waals surface area contributed by atoms with Crippen LogP contribution in [0.3, 0.4) is 0 Å². The van der Waals surface area contributed by atoms with Gasteiger partial charge in [-0.05, 0) is 50.6 Å². The van der Waals surface area contributed by atoms with Gasteiger partial charge in [-0.25, -0.2) is 4.98 Å². The molecule has 4 rings (SSSR count). The minimum absolute atomic E-state index is 0.183. The fraction of sp³-hybridized carbons (Fsp3) is 0.500. The molecule has 30 heavy (non-hydrogen) atoms. The molecule has 1 aromatic carbocycles. The molecule has 0 radical (unpaired) electrons. The minimum atomic E-state index is -0.989. The maximum absolute atomic E-state index is 12.6. The Morgan fingerprint density at radius 1 is 1.23 bits per heavy atom. The van der Waals surface area contributed by atoms with E-state index in [0.717, 1.165) is 25.5 Å². The Bertz CT molecular complexity index is 844. The molecule has 2 N–H and O–H groups in total. The molecule has 2 aliphatic heterocycles. The summed E-state index contributed by atoms with van der Waals surface area (Å²) in [6.45, 7) is 5.07. The number of carbonyl (C=O) groups excluding carboxylic acids is 1. The Kier molecular flexibility index (Phi) is 6.44. The van der Waals surface area contributed by atoms with Crippen molar-refractivity contribution in [3.05, 3.63) is 48.4 Å². The zero-order valence-electron chi connectivity index (χ0n) is 17.2. The van der Waals surface area contributed by atoms with Gasteiger partial charge >= 0.3 is 0 Å². The number of rotatable bonds is 8. The lowest BCUT2D eigenvalue weighted by atomic mass is 10.0. The predicted molar refractivity (Wildman–Crippen MR) is 114 cm³/mol. The van der Waals surface area contributed by atoms with Crippen LogP contribution in [-0.2, 0) is 0 Å². The van der Waals surface area contributed by atoms with Crippen molar-refractivity contribution in [2.75, 3.05) is 50.8 Å².